The summed E-state index contributed by atoms with van der Waals surface area (Å²) in [6.07, 6.45) is 1.94. The number of amides is 1. The molecule has 1 atom stereocenters. The van der Waals surface area contributed by atoms with E-state index in [4.69, 9.17) is 5.73 Å². The van der Waals surface area contributed by atoms with Crippen LogP contribution < -0.4 is 16.0 Å². The van der Waals surface area contributed by atoms with Crippen molar-refractivity contribution >= 4 is 36.4 Å². The van der Waals surface area contributed by atoms with Gasteiger partial charge in [0.1, 0.15) is 5.54 Å². The highest BCUT2D eigenvalue weighted by Crippen LogP contribution is 2.17. The van der Waals surface area contributed by atoms with Crippen LogP contribution in [-0.2, 0) is 10.3 Å². The van der Waals surface area contributed by atoms with Crippen LogP contribution in [0.2, 0.25) is 0 Å². The molecule has 0 saturated heterocycles. The van der Waals surface area contributed by atoms with Crippen molar-refractivity contribution < 1.29 is 4.79 Å². The molecular weight excluding hydrogens is 369 g/mol. The number of halogens is 2. The van der Waals surface area contributed by atoms with Gasteiger partial charge >= 0.3 is 0 Å². The highest BCUT2D eigenvalue weighted by molar-refractivity contribution is 5.87. The van der Waals surface area contributed by atoms with Crippen molar-refractivity contribution in [2.45, 2.75) is 25.3 Å². The second-order valence-electron chi connectivity index (χ2n) is 6.29. The Labute approximate surface area is 169 Å². The van der Waals surface area contributed by atoms with Gasteiger partial charge in [-0.15, -0.1) is 24.8 Å². The summed E-state index contributed by atoms with van der Waals surface area (Å²) in [6, 6.07) is 19.8. The van der Waals surface area contributed by atoms with Gasteiger partial charge in [0.05, 0.1) is 0 Å². The number of rotatable bonds is 8. The Hall–Kier alpha value is -1.75. The molecule has 2 aromatic carbocycles. The lowest BCUT2D eigenvalue weighted by atomic mass is 9.92. The molecular formula is C20H29Cl2N3O. The minimum Gasteiger partial charge on any atom is -0.375 e. The highest BCUT2D eigenvalue weighted by atomic mass is 35.5. The van der Waals surface area contributed by atoms with Crippen molar-refractivity contribution in [1.29, 1.82) is 0 Å². The molecule has 1 amide bonds. The van der Waals surface area contributed by atoms with E-state index in [1.54, 1.807) is 6.92 Å². The van der Waals surface area contributed by atoms with Gasteiger partial charge in [0.2, 0.25) is 5.91 Å². The molecule has 6 heteroatoms. The largest absolute Gasteiger partial charge is 0.375 e. The summed E-state index contributed by atoms with van der Waals surface area (Å²) in [6.45, 7) is 3.35. The lowest BCUT2D eigenvalue weighted by molar-refractivity contribution is -0.126. The Morgan fingerprint density at radius 2 is 1.54 bits per heavy atom. The number of hydrogen-bond acceptors (Lipinski definition) is 3. The fourth-order valence-corrected chi connectivity index (χ4v) is 2.59. The van der Waals surface area contributed by atoms with Crippen LogP contribution in [0.3, 0.4) is 0 Å². The van der Waals surface area contributed by atoms with Crippen molar-refractivity contribution in [3.8, 4) is 0 Å². The minimum absolute atomic E-state index is 0. The molecule has 4 nitrogen and oxygen atoms in total. The first-order valence-corrected chi connectivity index (χ1v) is 8.40. The van der Waals surface area contributed by atoms with Crippen molar-refractivity contribution in [1.82, 2.24) is 5.32 Å². The minimum atomic E-state index is -0.998. The van der Waals surface area contributed by atoms with E-state index in [-0.39, 0.29) is 30.7 Å². The van der Waals surface area contributed by atoms with Gasteiger partial charge in [-0.25, -0.2) is 0 Å². The number of benzene rings is 2. The van der Waals surface area contributed by atoms with Gasteiger partial charge in [-0.3, -0.25) is 4.79 Å². The summed E-state index contributed by atoms with van der Waals surface area (Å²) in [4.78, 5) is 14.6. The molecule has 0 aliphatic rings. The molecule has 0 radical (unpaired) electrons. The Bertz CT molecular complexity index is 636. The second kappa shape index (κ2) is 11.8. The van der Waals surface area contributed by atoms with Crippen LogP contribution in [0.4, 0.5) is 5.69 Å². The molecule has 0 spiro atoms. The predicted molar refractivity (Wildman–Crippen MR) is 114 cm³/mol. The molecule has 3 N–H and O–H groups in total. The maximum atomic E-state index is 12.3. The smallest absolute Gasteiger partial charge is 0.244 e. The molecule has 26 heavy (non-hydrogen) atoms. The zero-order valence-electron chi connectivity index (χ0n) is 15.4. The zero-order valence-corrected chi connectivity index (χ0v) is 17.0. The number of unbranched alkanes of at least 4 members (excludes halogenated alkanes) is 1. The van der Waals surface area contributed by atoms with E-state index in [1.807, 2.05) is 48.5 Å². The lowest BCUT2D eigenvalue weighted by Gasteiger charge is -2.24. The average molecular weight is 398 g/mol. The van der Waals surface area contributed by atoms with E-state index in [1.165, 1.54) is 5.69 Å². The number of nitrogens with zero attached hydrogens (tertiary/aromatic N) is 1. The van der Waals surface area contributed by atoms with Crippen LogP contribution >= 0.6 is 24.8 Å². The van der Waals surface area contributed by atoms with E-state index in [0.29, 0.717) is 6.54 Å². The topological polar surface area (TPSA) is 58.4 Å². The van der Waals surface area contributed by atoms with E-state index in [2.05, 4.69) is 29.4 Å². The number of nitrogens with two attached hydrogens (primary N) is 1. The lowest BCUT2D eigenvalue weighted by Crippen LogP contribution is -2.49. The van der Waals surface area contributed by atoms with Crippen molar-refractivity contribution in [2.24, 2.45) is 5.73 Å². The third-order valence-corrected chi connectivity index (χ3v) is 4.25. The first-order valence-electron chi connectivity index (χ1n) is 8.40. The molecule has 1 unspecified atom stereocenters. The van der Waals surface area contributed by atoms with Crippen molar-refractivity contribution in [3.63, 3.8) is 0 Å². The fraction of sp³-hybridized carbons (Fsp3) is 0.350. The highest BCUT2D eigenvalue weighted by Gasteiger charge is 2.29. The Balaban J connectivity index is 0.00000312. The quantitative estimate of drug-likeness (QED) is 0.666. The fourth-order valence-electron chi connectivity index (χ4n) is 2.59. The maximum Gasteiger partial charge on any atom is 0.244 e. The number of carbonyl (C=O) groups is 1. The summed E-state index contributed by atoms with van der Waals surface area (Å²) in [5.41, 5.74) is 7.24. The average Bonchev–Trinajstić information content (AvgIpc) is 2.62. The Kier molecular flexibility index (Phi) is 11.0. The maximum absolute atomic E-state index is 12.3. The summed E-state index contributed by atoms with van der Waals surface area (Å²) >= 11 is 0. The molecule has 144 valence electrons. The summed E-state index contributed by atoms with van der Waals surface area (Å²) in [5, 5.41) is 2.95. The van der Waals surface area contributed by atoms with Crippen LogP contribution in [0, 0.1) is 0 Å². The van der Waals surface area contributed by atoms with Crippen LogP contribution in [0.25, 0.3) is 0 Å². The third-order valence-electron chi connectivity index (χ3n) is 4.25. The van der Waals surface area contributed by atoms with Crippen LogP contribution in [-0.4, -0.2) is 26.0 Å². The standard InChI is InChI=1S/C20H27N3O.2ClH/c1-20(21,17-11-5-3-6-12-17)19(24)22-15-9-10-16-23(2)18-13-7-4-8-14-18;;/h3-8,11-14H,9-10,15-16,21H2,1-2H3,(H,22,24);2*1H. The van der Waals surface area contributed by atoms with E-state index >= 15 is 0 Å². The van der Waals surface area contributed by atoms with Crippen molar-refractivity contribution in [2.75, 3.05) is 25.0 Å². The number of carbonyl (C=O) groups excluding carboxylic acids is 1. The number of hydrogen-bond donors (Lipinski definition) is 2. The van der Waals surface area contributed by atoms with Gasteiger partial charge in [0.25, 0.3) is 0 Å². The molecule has 2 rings (SSSR count). The Morgan fingerprint density at radius 1 is 1.00 bits per heavy atom. The Morgan fingerprint density at radius 3 is 2.12 bits per heavy atom. The molecule has 0 heterocycles. The molecule has 0 aliphatic carbocycles. The number of anilines is 1. The summed E-state index contributed by atoms with van der Waals surface area (Å²) in [7, 11) is 2.08. The number of para-hydroxylation sites is 1. The third kappa shape index (κ3) is 6.87. The van der Waals surface area contributed by atoms with E-state index < -0.39 is 5.54 Å². The summed E-state index contributed by atoms with van der Waals surface area (Å²) in [5.74, 6) is -0.134. The zero-order chi connectivity index (χ0) is 17.4. The first kappa shape index (κ1) is 24.2. The van der Waals surface area contributed by atoms with E-state index in [0.717, 1.165) is 24.9 Å². The normalized spacial score (nSPS) is 12.1. The second-order valence-corrected chi connectivity index (χ2v) is 6.29. The van der Waals surface area contributed by atoms with Gasteiger partial charge in [-0.1, -0.05) is 48.5 Å². The molecule has 0 saturated carbocycles. The predicted octanol–water partition coefficient (Wildman–Crippen LogP) is 3.74. The van der Waals surface area contributed by atoms with Gasteiger partial charge < -0.3 is 16.0 Å². The van der Waals surface area contributed by atoms with Crippen molar-refractivity contribution in [3.05, 3.63) is 66.2 Å². The SMILES string of the molecule is CN(CCCCNC(=O)C(C)(N)c1ccccc1)c1ccccc1.Cl.Cl. The molecule has 2 aromatic rings. The van der Waals surface area contributed by atoms with Gasteiger partial charge in [0.15, 0.2) is 0 Å². The first-order chi connectivity index (χ1) is 11.5. The van der Waals surface area contributed by atoms with Gasteiger partial charge in [0, 0.05) is 25.8 Å². The molecule has 0 aromatic heterocycles. The molecule has 0 fully saturated rings. The summed E-state index contributed by atoms with van der Waals surface area (Å²) < 4.78 is 0. The molecule has 0 bridgehead atoms. The van der Waals surface area contributed by atoms with Gasteiger partial charge in [-0.2, -0.15) is 0 Å². The van der Waals surface area contributed by atoms with E-state index in [9.17, 15) is 4.79 Å². The van der Waals surface area contributed by atoms with Crippen LogP contribution in [0.1, 0.15) is 25.3 Å². The van der Waals surface area contributed by atoms with Crippen LogP contribution in [0.5, 0.6) is 0 Å². The number of nitrogens with one attached hydrogen (secondary N) is 1. The van der Waals surface area contributed by atoms with Crippen LogP contribution in [0.15, 0.2) is 60.7 Å². The monoisotopic (exact) mass is 397 g/mol. The molecule has 0 aliphatic heterocycles. The van der Waals surface area contributed by atoms with Gasteiger partial charge in [-0.05, 0) is 37.5 Å².